The third kappa shape index (κ3) is 7.85. The van der Waals surface area contributed by atoms with Gasteiger partial charge >= 0.3 is 0 Å². The molecule has 0 spiro atoms. The zero-order valence-corrected chi connectivity index (χ0v) is 39.8. The molecule has 1 aromatic heterocycles. The number of ether oxygens (including phenoxy) is 2. The fourth-order valence-electron chi connectivity index (χ4n) is 10.0. The van der Waals surface area contributed by atoms with Crippen LogP contribution >= 0.6 is 0 Å². The highest BCUT2D eigenvalue weighted by molar-refractivity contribution is 6.74. The molecule has 344 valence electrons. The second-order valence-electron chi connectivity index (χ2n) is 19.4. The maximum Gasteiger partial charge on any atom is 0.265 e. The predicted molar refractivity (Wildman–Crippen MR) is 249 cm³/mol. The Balaban J connectivity index is 1.33. The largest absolute Gasteiger partial charge is 0.507 e. The molecule has 12 nitrogen and oxygen atoms in total. The predicted octanol–water partition coefficient (Wildman–Crippen LogP) is 9.41. The summed E-state index contributed by atoms with van der Waals surface area (Å²) in [5, 5.41) is 19.7. The summed E-state index contributed by atoms with van der Waals surface area (Å²) in [5.41, 5.74) is 0.0317. The number of anilines is 1. The van der Waals surface area contributed by atoms with Crippen LogP contribution in [0.2, 0.25) is 18.1 Å². The second kappa shape index (κ2) is 17.8. The Morgan fingerprint density at radius 3 is 2.22 bits per heavy atom. The van der Waals surface area contributed by atoms with Gasteiger partial charge in [0, 0.05) is 35.6 Å². The first-order chi connectivity index (χ1) is 31.0. The lowest BCUT2D eigenvalue weighted by molar-refractivity contribution is -0.141. The molecule has 3 aliphatic carbocycles. The third-order valence-corrected chi connectivity index (χ3v) is 18.8. The van der Waals surface area contributed by atoms with Crippen LogP contribution < -0.4 is 14.8 Å². The van der Waals surface area contributed by atoms with E-state index in [9.17, 15) is 9.90 Å². The highest BCUT2D eigenvalue weighted by atomic mass is 28.4. The molecule has 2 N–H and O–H groups in total. The summed E-state index contributed by atoms with van der Waals surface area (Å²) in [6, 6.07) is 17.5. The number of hydrogen-bond acceptors (Lipinski definition) is 11. The Labute approximate surface area is 381 Å². The van der Waals surface area contributed by atoms with E-state index in [2.05, 4.69) is 17.1 Å². The van der Waals surface area contributed by atoms with Crippen molar-refractivity contribution < 1.29 is 42.3 Å². The number of carbonyl (C=O) groups excluding carboxylic acids is 3. The number of benzene rings is 3. The van der Waals surface area contributed by atoms with Crippen molar-refractivity contribution in [1.82, 2.24) is 15.0 Å². The molecule has 8 rings (SSSR count). The van der Waals surface area contributed by atoms with Crippen molar-refractivity contribution >= 4 is 37.2 Å². The van der Waals surface area contributed by atoms with E-state index in [4.69, 9.17) is 18.4 Å². The summed E-state index contributed by atoms with van der Waals surface area (Å²) in [4.78, 5) is 49.9. The van der Waals surface area contributed by atoms with Crippen molar-refractivity contribution in [3.05, 3.63) is 124 Å². The van der Waals surface area contributed by atoms with Crippen LogP contribution in [0, 0.1) is 17.7 Å². The number of nitrogens with zero attached hydrogens (tertiary/aromatic N) is 3. The molecule has 1 saturated carbocycles. The number of amides is 1. The van der Waals surface area contributed by atoms with Gasteiger partial charge in [0.05, 0.1) is 23.3 Å². The molecule has 4 aromatic rings. The molecule has 14 heteroatoms. The van der Waals surface area contributed by atoms with Gasteiger partial charge in [-0.25, -0.2) is 4.39 Å². The van der Waals surface area contributed by atoms with Gasteiger partial charge in [-0.1, -0.05) is 101 Å². The van der Waals surface area contributed by atoms with Crippen molar-refractivity contribution in [1.29, 1.82) is 0 Å². The molecular weight excluding hydrogens is 844 g/mol. The molecule has 5 atom stereocenters. The summed E-state index contributed by atoms with van der Waals surface area (Å²) >= 11 is 0. The zero-order chi connectivity index (χ0) is 46.6. The normalized spacial score (nSPS) is 22.8. The fraction of sp³-hybridized carbons (Fsp3) is 0.451. The number of aromatic nitrogens is 1. The molecule has 3 aromatic carbocycles. The van der Waals surface area contributed by atoms with Crippen LogP contribution in [0.25, 0.3) is 5.76 Å². The number of aliphatic hydroxyl groups excluding tert-OH is 1. The highest BCUT2D eigenvalue weighted by Crippen LogP contribution is 2.60. The lowest BCUT2D eigenvalue weighted by atomic mass is 9.57. The number of rotatable bonds is 15. The number of halogens is 1. The Morgan fingerprint density at radius 2 is 1.62 bits per heavy atom. The number of ketones is 2. The van der Waals surface area contributed by atoms with E-state index in [1.807, 2.05) is 125 Å². The van der Waals surface area contributed by atoms with E-state index >= 15 is 14.0 Å². The molecule has 4 aliphatic rings. The average molecular weight is 905 g/mol. The van der Waals surface area contributed by atoms with E-state index < -0.39 is 66.0 Å². The first-order valence-corrected chi connectivity index (χ1v) is 25.7. The van der Waals surface area contributed by atoms with Crippen LogP contribution in [-0.2, 0) is 40.1 Å². The van der Waals surface area contributed by atoms with Gasteiger partial charge in [-0.3, -0.25) is 24.2 Å². The first kappa shape index (κ1) is 46.1. The molecule has 2 heterocycles. The molecule has 1 amide bonds. The van der Waals surface area contributed by atoms with Crippen LogP contribution in [0.5, 0.6) is 11.6 Å². The van der Waals surface area contributed by atoms with Gasteiger partial charge in [0.1, 0.15) is 30.4 Å². The van der Waals surface area contributed by atoms with E-state index in [-0.39, 0.29) is 89.3 Å². The number of carbonyl (C=O) groups is 3. The fourth-order valence-corrected chi connectivity index (χ4v) is 11.5. The monoisotopic (exact) mass is 904 g/mol. The molecule has 0 bridgehead atoms. The summed E-state index contributed by atoms with van der Waals surface area (Å²) in [6.45, 7) is 19.6. The van der Waals surface area contributed by atoms with Gasteiger partial charge in [0.2, 0.25) is 17.5 Å². The Kier molecular flexibility index (Phi) is 12.6. The third-order valence-electron chi connectivity index (χ3n) is 14.4. The lowest BCUT2D eigenvalue weighted by Gasteiger charge is -2.55. The summed E-state index contributed by atoms with van der Waals surface area (Å²) in [6.07, 6.45) is 2.75. The highest BCUT2D eigenvalue weighted by Gasteiger charge is 2.69. The molecule has 0 saturated heterocycles. The zero-order valence-electron chi connectivity index (χ0n) is 38.8. The Morgan fingerprint density at radius 1 is 0.969 bits per heavy atom. The van der Waals surface area contributed by atoms with E-state index in [0.29, 0.717) is 19.6 Å². The molecule has 1 aliphatic heterocycles. The second-order valence-corrected chi connectivity index (χ2v) is 24.1. The van der Waals surface area contributed by atoms with Gasteiger partial charge in [-0.2, -0.15) is 0 Å². The molecular formula is C51H61FN4O8Si. The quantitative estimate of drug-likeness (QED) is 0.0669. The van der Waals surface area contributed by atoms with Gasteiger partial charge < -0.3 is 28.8 Å². The number of nitrogens with one attached hydrogen (secondary N) is 1. The Bertz CT molecular complexity index is 2540. The Hall–Kier alpha value is -5.41. The number of fused-ring (bicyclic) bond motifs is 5. The van der Waals surface area contributed by atoms with Crippen molar-refractivity contribution in [2.24, 2.45) is 11.8 Å². The average Bonchev–Trinajstić information content (AvgIpc) is 3.70. The van der Waals surface area contributed by atoms with Crippen LogP contribution in [0.1, 0.15) is 97.4 Å². The maximum atomic E-state index is 17.6. The van der Waals surface area contributed by atoms with Gasteiger partial charge in [0.15, 0.2) is 25.4 Å². The standard InChI is InChI=1S/C51H61FN4O8Si/c1-10-23-56(24-11-2)36-27-34-40(52)33-25-32-26-35-42(55(7)12-3)45-39(49(54-63-45)62-29-31-21-17-14-18-22-31)47(59)51(35,64-65(8,9)50(4,5)6)46(58)37(32)43(57)38(33)44(41(34)53-48(36)60)61-28-30-19-15-13-16-20-30/h10,13-22,32,35-36,42,57H,1,11-12,23-29H2,2-9H3,(H,53,60)/t32-,35-,36?,42-,51?/m0/s1. The number of aliphatic hydroxyl groups is 1. The topological polar surface area (TPSA) is 144 Å². The molecule has 1 fully saturated rings. The number of Topliss-reactive ketones (excluding diaryl/α,β-unsaturated/α-hetero) is 2. The van der Waals surface area contributed by atoms with E-state index in [1.54, 1.807) is 6.08 Å². The van der Waals surface area contributed by atoms with Crippen molar-refractivity contribution in [2.45, 2.75) is 109 Å². The minimum absolute atomic E-state index is 0.0172. The smallest absolute Gasteiger partial charge is 0.265 e. The van der Waals surface area contributed by atoms with Gasteiger partial charge in [-0.15, -0.1) is 6.58 Å². The van der Waals surface area contributed by atoms with Crippen molar-refractivity contribution in [2.75, 3.05) is 32.0 Å². The summed E-state index contributed by atoms with van der Waals surface area (Å²) in [7, 11) is -1.13. The lowest BCUT2D eigenvalue weighted by Crippen LogP contribution is -2.68. The maximum absolute atomic E-state index is 17.6. The van der Waals surface area contributed by atoms with Crippen LogP contribution in [0.15, 0.2) is 83.4 Å². The minimum Gasteiger partial charge on any atom is -0.507 e. The molecule has 65 heavy (non-hydrogen) atoms. The summed E-state index contributed by atoms with van der Waals surface area (Å²) in [5.74, 6) is -4.02. The van der Waals surface area contributed by atoms with E-state index in [1.165, 1.54) is 0 Å². The van der Waals surface area contributed by atoms with Crippen LogP contribution in [-0.4, -0.2) is 84.2 Å². The SMILES string of the molecule is C=CCN(CCC)C1Cc2c(F)c3c(c(OCc4ccccc4)c2NC1=O)C(O)=C1C(=O)C2(O[Si](C)(C)C(C)(C)C)C(=O)c4c(OCc5ccccc5)noc4[C@@H](N(C)CC)[C@@H]2C[C@@H]1C3. The van der Waals surface area contributed by atoms with Gasteiger partial charge in [-0.05, 0) is 79.7 Å². The van der Waals surface area contributed by atoms with Gasteiger partial charge in [0.25, 0.3) is 5.88 Å². The van der Waals surface area contributed by atoms with Crippen LogP contribution in [0.3, 0.4) is 0 Å². The first-order valence-electron chi connectivity index (χ1n) is 22.8. The minimum atomic E-state index is -3.03. The van der Waals surface area contributed by atoms with Crippen molar-refractivity contribution in [3.8, 4) is 11.6 Å². The van der Waals surface area contributed by atoms with Crippen molar-refractivity contribution in [3.63, 3.8) is 0 Å². The molecule has 0 radical (unpaired) electrons. The van der Waals surface area contributed by atoms with Crippen LogP contribution in [0.4, 0.5) is 10.1 Å². The number of hydrogen-bond donors (Lipinski definition) is 2. The summed E-state index contributed by atoms with van der Waals surface area (Å²) < 4.78 is 43.8. The molecule has 2 unspecified atom stereocenters. The van der Waals surface area contributed by atoms with E-state index in [0.717, 1.165) is 17.5 Å².